The van der Waals surface area contributed by atoms with Crippen LogP contribution in [0.4, 0.5) is 13.2 Å². The number of nitrogens with zero attached hydrogens (tertiary/aromatic N) is 3. The van der Waals surface area contributed by atoms with E-state index in [1.165, 1.54) is 11.9 Å². The van der Waals surface area contributed by atoms with Crippen molar-refractivity contribution in [2.24, 2.45) is 4.99 Å². The van der Waals surface area contributed by atoms with Crippen LogP contribution in [0, 0.1) is 0 Å². The Morgan fingerprint density at radius 1 is 1.19 bits per heavy atom. The zero-order valence-electron chi connectivity index (χ0n) is 16.4. The molecular formula is C17H31F3IN5O. The Hall–Kier alpha value is -1.04. The minimum atomic E-state index is -4.16. The van der Waals surface area contributed by atoms with E-state index in [1.54, 1.807) is 0 Å². The minimum Gasteiger partial charge on any atom is -0.361 e. The van der Waals surface area contributed by atoms with Gasteiger partial charge in [0.25, 0.3) is 0 Å². The summed E-state index contributed by atoms with van der Waals surface area (Å²) < 4.78 is 42.2. The van der Waals surface area contributed by atoms with Crippen LogP contribution >= 0.6 is 24.0 Å². The Morgan fingerprint density at radius 2 is 1.89 bits per heavy atom. The van der Waals surface area contributed by atoms with Gasteiger partial charge in [0, 0.05) is 25.1 Å². The summed E-state index contributed by atoms with van der Waals surface area (Å²) in [6, 6.07) is 0. The van der Waals surface area contributed by atoms with Crippen LogP contribution < -0.4 is 10.6 Å². The Morgan fingerprint density at radius 3 is 2.44 bits per heavy atom. The molecule has 0 saturated heterocycles. The largest absolute Gasteiger partial charge is 0.401 e. The Bertz CT molecular complexity index is 542. The molecule has 0 aromatic carbocycles. The van der Waals surface area contributed by atoms with Gasteiger partial charge in [0.2, 0.25) is 0 Å². The lowest BCUT2D eigenvalue weighted by Gasteiger charge is -2.18. The zero-order chi connectivity index (χ0) is 19.6. The van der Waals surface area contributed by atoms with E-state index in [0.29, 0.717) is 38.6 Å². The van der Waals surface area contributed by atoms with Crippen LogP contribution in [0.15, 0.2) is 9.52 Å². The highest BCUT2D eigenvalue weighted by molar-refractivity contribution is 14.0. The lowest BCUT2D eigenvalue weighted by atomic mass is 10.1. The predicted molar refractivity (Wildman–Crippen MR) is 112 cm³/mol. The van der Waals surface area contributed by atoms with Crippen molar-refractivity contribution in [3.63, 3.8) is 0 Å². The lowest BCUT2D eigenvalue weighted by Crippen LogP contribution is -2.39. The lowest BCUT2D eigenvalue weighted by molar-refractivity contribution is -0.143. The standard InChI is InChI=1S/C17H30F3N5O.HI/c1-5-14-13(15(6-2)26-24-14)11-23-16(21-7-3)22-9-8-10-25(4)12-17(18,19)20;/h5-12H2,1-4H3,(H2,21,22,23);1H. The number of alkyl halides is 3. The minimum absolute atomic E-state index is 0. The van der Waals surface area contributed by atoms with Gasteiger partial charge in [0.15, 0.2) is 5.96 Å². The average Bonchev–Trinajstić information content (AvgIpc) is 2.96. The fourth-order valence-corrected chi connectivity index (χ4v) is 2.56. The Kier molecular flexibility index (Phi) is 12.7. The molecule has 1 rings (SSSR count). The van der Waals surface area contributed by atoms with Gasteiger partial charge in [0.1, 0.15) is 5.76 Å². The SMILES string of the molecule is CCNC(=NCc1c(CC)noc1CC)NCCCN(C)CC(F)(F)F.I. The van der Waals surface area contributed by atoms with E-state index in [2.05, 4.69) is 20.8 Å². The molecule has 1 aromatic heterocycles. The summed E-state index contributed by atoms with van der Waals surface area (Å²) in [7, 11) is 1.47. The Balaban J connectivity index is 0.00000676. The van der Waals surface area contributed by atoms with Gasteiger partial charge in [0.05, 0.1) is 18.8 Å². The van der Waals surface area contributed by atoms with Crippen molar-refractivity contribution in [2.75, 3.05) is 33.2 Å². The quantitative estimate of drug-likeness (QED) is 0.221. The van der Waals surface area contributed by atoms with Crippen LogP contribution in [0.25, 0.3) is 0 Å². The smallest absolute Gasteiger partial charge is 0.361 e. The maximum atomic E-state index is 12.3. The van der Waals surface area contributed by atoms with Gasteiger partial charge < -0.3 is 15.2 Å². The third-order valence-corrected chi connectivity index (χ3v) is 3.80. The highest BCUT2D eigenvalue weighted by Crippen LogP contribution is 2.17. The highest BCUT2D eigenvalue weighted by Gasteiger charge is 2.28. The van der Waals surface area contributed by atoms with Gasteiger partial charge in [-0.25, -0.2) is 4.99 Å². The maximum Gasteiger partial charge on any atom is 0.401 e. The number of aromatic nitrogens is 1. The molecule has 0 amide bonds. The molecule has 0 fully saturated rings. The molecule has 0 aliphatic rings. The van der Waals surface area contributed by atoms with Crippen molar-refractivity contribution in [1.29, 1.82) is 0 Å². The molecule has 10 heteroatoms. The van der Waals surface area contributed by atoms with Crippen LogP contribution in [0.5, 0.6) is 0 Å². The van der Waals surface area contributed by atoms with E-state index in [-0.39, 0.29) is 24.0 Å². The molecule has 0 unspecified atom stereocenters. The molecule has 0 spiro atoms. The third kappa shape index (κ3) is 10.2. The number of nitrogens with one attached hydrogen (secondary N) is 2. The molecule has 0 radical (unpaired) electrons. The molecule has 0 aliphatic heterocycles. The van der Waals surface area contributed by atoms with E-state index in [1.807, 2.05) is 20.8 Å². The van der Waals surface area contributed by atoms with Gasteiger partial charge in [-0.1, -0.05) is 19.0 Å². The summed E-state index contributed by atoms with van der Waals surface area (Å²) in [5, 5.41) is 10.4. The van der Waals surface area contributed by atoms with Crippen LogP contribution in [0.3, 0.4) is 0 Å². The monoisotopic (exact) mass is 505 g/mol. The van der Waals surface area contributed by atoms with Gasteiger partial charge in [-0.3, -0.25) is 4.90 Å². The number of hydrogen-bond donors (Lipinski definition) is 2. The van der Waals surface area contributed by atoms with E-state index < -0.39 is 12.7 Å². The summed E-state index contributed by atoms with van der Waals surface area (Å²) in [6.45, 7) is 7.15. The van der Waals surface area contributed by atoms with E-state index >= 15 is 0 Å². The first kappa shape index (κ1) is 26.0. The van der Waals surface area contributed by atoms with Crippen molar-refractivity contribution >= 4 is 29.9 Å². The average molecular weight is 505 g/mol. The first-order valence-electron chi connectivity index (χ1n) is 9.04. The normalized spacial score (nSPS) is 12.2. The maximum absolute atomic E-state index is 12.3. The third-order valence-electron chi connectivity index (χ3n) is 3.80. The summed E-state index contributed by atoms with van der Waals surface area (Å²) in [6.07, 6.45) is -2.03. The molecule has 0 aliphatic carbocycles. The zero-order valence-corrected chi connectivity index (χ0v) is 18.8. The van der Waals surface area contributed by atoms with Gasteiger partial charge >= 0.3 is 6.18 Å². The fraction of sp³-hybridized carbons (Fsp3) is 0.765. The number of aryl methyl sites for hydroxylation is 2. The van der Waals surface area contributed by atoms with E-state index in [9.17, 15) is 13.2 Å². The molecule has 1 heterocycles. The molecule has 2 N–H and O–H groups in total. The van der Waals surface area contributed by atoms with Gasteiger partial charge in [-0.15, -0.1) is 24.0 Å². The second kappa shape index (κ2) is 13.2. The molecule has 158 valence electrons. The Labute approximate surface area is 176 Å². The van der Waals surface area contributed by atoms with Crippen LogP contribution in [0.1, 0.15) is 44.2 Å². The summed E-state index contributed by atoms with van der Waals surface area (Å²) in [5.74, 6) is 1.48. The number of halogens is 4. The molecule has 0 atom stereocenters. The summed E-state index contributed by atoms with van der Waals surface area (Å²) in [5.41, 5.74) is 1.92. The molecule has 0 saturated carbocycles. The molecule has 0 bridgehead atoms. The number of aliphatic imine (C=N–C) groups is 1. The second-order valence-corrected chi connectivity index (χ2v) is 6.07. The highest BCUT2D eigenvalue weighted by atomic mass is 127. The van der Waals surface area contributed by atoms with Crippen LogP contribution in [0.2, 0.25) is 0 Å². The fourth-order valence-electron chi connectivity index (χ4n) is 2.56. The second-order valence-electron chi connectivity index (χ2n) is 6.07. The van der Waals surface area contributed by atoms with Crippen molar-refractivity contribution in [1.82, 2.24) is 20.7 Å². The molecule has 6 nitrogen and oxygen atoms in total. The molecule has 1 aromatic rings. The van der Waals surface area contributed by atoms with Crippen molar-refractivity contribution in [2.45, 2.75) is 52.8 Å². The summed E-state index contributed by atoms with van der Waals surface area (Å²) in [4.78, 5) is 5.82. The van der Waals surface area contributed by atoms with Crippen molar-refractivity contribution < 1.29 is 17.7 Å². The van der Waals surface area contributed by atoms with Crippen molar-refractivity contribution in [3.8, 4) is 0 Å². The van der Waals surface area contributed by atoms with E-state index in [0.717, 1.165) is 29.9 Å². The number of hydrogen-bond acceptors (Lipinski definition) is 4. The molecule has 27 heavy (non-hydrogen) atoms. The molecular weight excluding hydrogens is 474 g/mol. The van der Waals surface area contributed by atoms with E-state index in [4.69, 9.17) is 4.52 Å². The van der Waals surface area contributed by atoms with Gasteiger partial charge in [-0.2, -0.15) is 13.2 Å². The topological polar surface area (TPSA) is 65.7 Å². The number of rotatable bonds is 10. The van der Waals surface area contributed by atoms with Crippen molar-refractivity contribution in [3.05, 3.63) is 17.0 Å². The number of guanidine groups is 1. The first-order valence-corrected chi connectivity index (χ1v) is 9.04. The summed E-state index contributed by atoms with van der Waals surface area (Å²) >= 11 is 0. The van der Waals surface area contributed by atoms with Crippen LogP contribution in [-0.4, -0.2) is 55.4 Å². The van der Waals surface area contributed by atoms with Gasteiger partial charge in [-0.05, 0) is 33.4 Å². The predicted octanol–water partition coefficient (Wildman–Crippen LogP) is 3.36. The van der Waals surface area contributed by atoms with Crippen LogP contribution in [-0.2, 0) is 19.4 Å². The first-order chi connectivity index (χ1) is 12.3.